The van der Waals surface area contributed by atoms with Gasteiger partial charge in [0, 0.05) is 36.2 Å². The van der Waals surface area contributed by atoms with E-state index >= 15 is 0 Å². The fourth-order valence-electron chi connectivity index (χ4n) is 2.14. The van der Waals surface area contributed by atoms with Gasteiger partial charge in [-0.1, -0.05) is 18.2 Å². The molecule has 9 heteroatoms. The molecule has 0 unspecified atom stereocenters. The SMILES string of the molecule is Cc1ccccc1NC(=O)CCC(=O)N/N=C\c1cc([N+](=O)[O-])ccc1O. The van der Waals surface area contributed by atoms with E-state index in [2.05, 4.69) is 15.8 Å². The highest BCUT2D eigenvalue weighted by Gasteiger charge is 2.10. The minimum absolute atomic E-state index is 0.0300. The van der Waals surface area contributed by atoms with E-state index in [4.69, 9.17) is 0 Å². The number of rotatable bonds is 7. The largest absolute Gasteiger partial charge is 0.507 e. The van der Waals surface area contributed by atoms with Gasteiger partial charge in [0.25, 0.3) is 5.69 Å². The van der Waals surface area contributed by atoms with Crippen molar-refractivity contribution in [2.75, 3.05) is 5.32 Å². The minimum Gasteiger partial charge on any atom is -0.507 e. The van der Waals surface area contributed by atoms with Gasteiger partial charge in [-0.05, 0) is 24.6 Å². The lowest BCUT2D eigenvalue weighted by atomic mass is 10.2. The zero-order chi connectivity index (χ0) is 19.8. The maximum absolute atomic E-state index is 11.9. The Labute approximate surface area is 154 Å². The number of hydrazone groups is 1. The van der Waals surface area contributed by atoms with Crippen molar-refractivity contribution in [3.05, 3.63) is 63.7 Å². The van der Waals surface area contributed by atoms with Crippen LogP contribution in [0.1, 0.15) is 24.0 Å². The molecular formula is C18H18N4O5. The van der Waals surface area contributed by atoms with Crippen molar-refractivity contribution in [3.8, 4) is 5.75 Å². The summed E-state index contributed by atoms with van der Waals surface area (Å²) in [5, 5.41) is 26.7. The van der Waals surface area contributed by atoms with Crippen molar-refractivity contribution in [2.45, 2.75) is 19.8 Å². The number of carbonyl (C=O) groups is 2. The molecule has 0 bridgehead atoms. The Morgan fingerprint density at radius 3 is 2.59 bits per heavy atom. The Balaban J connectivity index is 1.83. The Bertz CT molecular complexity index is 895. The van der Waals surface area contributed by atoms with Crippen LogP contribution in [0.15, 0.2) is 47.6 Å². The summed E-state index contributed by atoms with van der Waals surface area (Å²) in [6, 6.07) is 10.7. The van der Waals surface area contributed by atoms with Gasteiger partial charge < -0.3 is 10.4 Å². The van der Waals surface area contributed by atoms with Crippen LogP contribution < -0.4 is 10.7 Å². The van der Waals surface area contributed by atoms with Crippen LogP contribution in [0.5, 0.6) is 5.75 Å². The van der Waals surface area contributed by atoms with Gasteiger partial charge in [0.15, 0.2) is 0 Å². The molecule has 0 aliphatic rings. The number of anilines is 1. The highest BCUT2D eigenvalue weighted by molar-refractivity contribution is 5.94. The number of carbonyl (C=O) groups excluding carboxylic acids is 2. The molecule has 140 valence electrons. The summed E-state index contributed by atoms with van der Waals surface area (Å²) in [4.78, 5) is 33.7. The number of nitro benzene ring substituents is 1. The van der Waals surface area contributed by atoms with Gasteiger partial charge in [0.05, 0.1) is 11.1 Å². The molecule has 0 radical (unpaired) electrons. The van der Waals surface area contributed by atoms with E-state index in [-0.39, 0.29) is 35.7 Å². The Morgan fingerprint density at radius 2 is 1.89 bits per heavy atom. The number of non-ortho nitro benzene ring substituents is 1. The first-order valence-electron chi connectivity index (χ1n) is 8.01. The molecule has 2 rings (SSSR count). The van der Waals surface area contributed by atoms with Gasteiger partial charge in [-0.25, -0.2) is 5.43 Å². The standard InChI is InChI=1S/C18H18N4O5/c1-12-4-2-3-5-15(12)20-17(24)8-9-18(25)21-19-11-13-10-14(22(26)27)6-7-16(13)23/h2-7,10-11,23H,8-9H2,1H3,(H,20,24)(H,21,25)/b19-11-. The van der Waals surface area contributed by atoms with E-state index < -0.39 is 10.8 Å². The number of nitrogens with zero attached hydrogens (tertiary/aromatic N) is 2. The number of hydrogen-bond acceptors (Lipinski definition) is 6. The van der Waals surface area contributed by atoms with Crippen molar-refractivity contribution in [1.82, 2.24) is 5.43 Å². The lowest BCUT2D eigenvalue weighted by Crippen LogP contribution is -2.20. The number of aromatic hydroxyl groups is 1. The Kier molecular flexibility index (Phi) is 6.59. The fourth-order valence-corrected chi connectivity index (χ4v) is 2.14. The number of nitro groups is 1. The molecule has 0 heterocycles. The summed E-state index contributed by atoms with van der Waals surface area (Å²) in [5.74, 6) is -1.02. The van der Waals surface area contributed by atoms with Crippen LogP contribution in [0.2, 0.25) is 0 Å². The normalized spacial score (nSPS) is 10.6. The summed E-state index contributed by atoms with van der Waals surface area (Å²) in [7, 11) is 0. The van der Waals surface area contributed by atoms with Gasteiger partial charge >= 0.3 is 0 Å². The lowest BCUT2D eigenvalue weighted by Gasteiger charge is -2.07. The third-order valence-electron chi connectivity index (χ3n) is 3.61. The fraction of sp³-hybridized carbons (Fsp3) is 0.167. The van der Waals surface area contributed by atoms with Crippen LogP contribution in [0.3, 0.4) is 0 Å². The van der Waals surface area contributed by atoms with E-state index in [0.29, 0.717) is 5.69 Å². The van der Waals surface area contributed by atoms with Crippen LogP contribution in [0.25, 0.3) is 0 Å². The van der Waals surface area contributed by atoms with Crippen LogP contribution in [0, 0.1) is 17.0 Å². The van der Waals surface area contributed by atoms with Gasteiger partial charge in [0.2, 0.25) is 11.8 Å². The molecule has 0 saturated heterocycles. The van der Waals surface area contributed by atoms with Crippen LogP contribution in [-0.2, 0) is 9.59 Å². The highest BCUT2D eigenvalue weighted by Crippen LogP contribution is 2.21. The molecule has 9 nitrogen and oxygen atoms in total. The van der Waals surface area contributed by atoms with Gasteiger partial charge in [-0.3, -0.25) is 19.7 Å². The first-order chi connectivity index (χ1) is 12.9. The zero-order valence-corrected chi connectivity index (χ0v) is 14.5. The predicted octanol–water partition coefficient (Wildman–Crippen LogP) is 2.48. The van der Waals surface area contributed by atoms with E-state index in [1.54, 1.807) is 12.1 Å². The second-order valence-electron chi connectivity index (χ2n) is 5.66. The molecule has 3 N–H and O–H groups in total. The van der Waals surface area contributed by atoms with Crippen molar-refractivity contribution in [2.24, 2.45) is 5.10 Å². The summed E-state index contributed by atoms with van der Waals surface area (Å²) in [5.41, 5.74) is 3.67. The number of hydrogen-bond donors (Lipinski definition) is 3. The van der Waals surface area contributed by atoms with Gasteiger partial charge in [-0.2, -0.15) is 5.10 Å². The first kappa shape index (κ1) is 19.6. The number of benzene rings is 2. The number of phenols is 1. The molecule has 0 fully saturated rings. The number of para-hydroxylation sites is 1. The smallest absolute Gasteiger partial charge is 0.270 e. The number of nitrogens with one attached hydrogen (secondary N) is 2. The van der Waals surface area contributed by atoms with Crippen molar-refractivity contribution in [3.63, 3.8) is 0 Å². The van der Waals surface area contributed by atoms with Gasteiger partial charge in [-0.15, -0.1) is 0 Å². The lowest BCUT2D eigenvalue weighted by molar-refractivity contribution is -0.384. The number of aryl methyl sites for hydroxylation is 1. The van der Waals surface area contributed by atoms with Crippen LogP contribution in [0.4, 0.5) is 11.4 Å². The quantitative estimate of drug-likeness (QED) is 0.391. The second-order valence-corrected chi connectivity index (χ2v) is 5.66. The zero-order valence-electron chi connectivity index (χ0n) is 14.5. The summed E-state index contributed by atoms with van der Waals surface area (Å²) in [6.45, 7) is 1.86. The molecule has 2 aromatic carbocycles. The molecule has 0 spiro atoms. The van der Waals surface area contributed by atoms with Crippen molar-refractivity contribution < 1.29 is 19.6 Å². The Morgan fingerprint density at radius 1 is 1.19 bits per heavy atom. The first-order valence-corrected chi connectivity index (χ1v) is 8.01. The summed E-state index contributed by atoms with van der Waals surface area (Å²) < 4.78 is 0. The average molecular weight is 370 g/mol. The molecule has 0 aromatic heterocycles. The molecule has 2 aromatic rings. The predicted molar refractivity (Wildman–Crippen MR) is 99.5 cm³/mol. The third kappa shape index (κ3) is 5.92. The van der Waals surface area contributed by atoms with Crippen LogP contribution >= 0.6 is 0 Å². The molecule has 0 saturated carbocycles. The highest BCUT2D eigenvalue weighted by atomic mass is 16.6. The third-order valence-corrected chi connectivity index (χ3v) is 3.61. The van der Waals surface area contributed by atoms with Crippen molar-refractivity contribution >= 4 is 29.4 Å². The maximum atomic E-state index is 11.9. The summed E-state index contributed by atoms with van der Waals surface area (Å²) >= 11 is 0. The monoisotopic (exact) mass is 370 g/mol. The maximum Gasteiger partial charge on any atom is 0.270 e. The molecule has 0 atom stereocenters. The Hall–Kier alpha value is -3.75. The van der Waals surface area contributed by atoms with Crippen molar-refractivity contribution in [1.29, 1.82) is 0 Å². The van der Waals surface area contributed by atoms with E-state index in [1.807, 2.05) is 19.1 Å². The van der Waals surface area contributed by atoms with E-state index in [9.17, 15) is 24.8 Å². The molecular weight excluding hydrogens is 352 g/mol. The molecule has 0 aliphatic carbocycles. The van der Waals surface area contributed by atoms with E-state index in [0.717, 1.165) is 30.0 Å². The van der Waals surface area contributed by atoms with Gasteiger partial charge in [0.1, 0.15) is 5.75 Å². The molecule has 2 amide bonds. The minimum atomic E-state index is -0.609. The summed E-state index contributed by atoms with van der Waals surface area (Å²) in [6.07, 6.45) is 0.974. The van der Waals surface area contributed by atoms with E-state index in [1.165, 1.54) is 0 Å². The number of amides is 2. The second kappa shape index (κ2) is 9.09. The average Bonchev–Trinajstić information content (AvgIpc) is 2.63. The molecule has 27 heavy (non-hydrogen) atoms. The number of phenolic OH excluding ortho intramolecular Hbond substituents is 1. The topological polar surface area (TPSA) is 134 Å². The molecule has 0 aliphatic heterocycles. The van der Waals surface area contributed by atoms with Crippen LogP contribution in [-0.4, -0.2) is 28.1 Å².